The Bertz CT molecular complexity index is 731. The van der Waals surface area contributed by atoms with Crippen molar-refractivity contribution in [1.29, 1.82) is 0 Å². The van der Waals surface area contributed by atoms with Crippen LogP contribution in [0.4, 0.5) is 0 Å². The molecule has 1 aliphatic carbocycles. The first-order valence-corrected chi connectivity index (χ1v) is 8.72. The van der Waals surface area contributed by atoms with Crippen molar-refractivity contribution < 1.29 is 19.1 Å². The van der Waals surface area contributed by atoms with E-state index in [4.69, 9.17) is 9.52 Å². The molecule has 1 aliphatic rings. The lowest BCUT2D eigenvalue weighted by molar-refractivity contribution is -0.139. The highest BCUT2D eigenvalue weighted by molar-refractivity contribution is 5.85. The smallest absolute Gasteiger partial charge is 0.317 e. The van der Waals surface area contributed by atoms with Crippen LogP contribution in [0.15, 0.2) is 34.7 Å². The second kappa shape index (κ2) is 7.27. The zero-order valence-electron chi connectivity index (χ0n) is 14.6. The largest absolute Gasteiger partial charge is 0.480 e. The summed E-state index contributed by atoms with van der Waals surface area (Å²) in [6, 6.07) is 9.95. The fourth-order valence-corrected chi connectivity index (χ4v) is 3.35. The molecule has 2 aromatic rings. The third kappa shape index (κ3) is 3.85. The first-order valence-electron chi connectivity index (χ1n) is 8.72. The molecule has 1 heterocycles. The molecule has 6 heteroatoms. The monoisotopic (exact) mass is 344 g/mol. The van der Waals surface area contributed by atoms with Crippen molar-refractivity contribution in [1.82, 2.24) is 10.2 Å². The van der Waals surface area contributed by atoms with Crippen LogP contribution in [0.2, 0.25) is 0 Å². The first-order chi connectivity index (χ1) is 12.0. The van der Waals surface area contributed by atoms with Crippen molar-refractivity contribution in [3.63, 3.8) is 0 Å². The van der Waals surface area contributed by atoms with Crippen molar-refractivity contribution in [3.05, 3.63) is 36.1 Å². The highest BCUT2D eigenvalue weighted by Gasteiger charge is 2.35. The molecule has 0 saturated heterocycles. The number of aliphatic carboxylic acids is 1. The van der Waals surface area contributed by atoms with Gasteiger partial charge in [0.1, 0.15) is 11.3 Å². The number of nitrogens with one attached hydrogen (secondary N) is 1. The van der Waals surface area contributed by atoms with Crippen molar-refractivity contribution >= 4 is 22.8 Å². The number of carbonyl (C=O) groups is 2. The lowest BCUT2D eigenvalue weighted by Gasteiger charge is -2.42. The summed E-state index contributed by atoms with van der Waals surface area (Å²) in [6.45, 7) is 4.55. The Hall–Kier alpha value is -2.34. The number of hydrogen-bond donors (Lipinski definition) is 2. The SMILES string of the molecule is CCN(CC(=O)O)C1CC(NC(=O)C(C)c2cc3ccccc3o2)C1. The maximum Gasteiger partial charge on any atom is 0.317 e. The Balaban J connectivity index is 1.54. The third-order valence-electron chi connectivity index (χ3n) is 4.99. The number of carbonyl (C=O) groups excluding carboxylic acids is 1. The van der Waals surface area contributed by atoms with Gasteiger partial charge in [0, 0.05) is 17.5 Å². The second-order valence-corrected chi connectivity index (χ2v) is 6.70. The van der Waals surface area contributed by atoms with Crippen LogP contribution in [0, 0.1) is 0 Å². The van der Waals surface area contributed by atoms with Gasteiger partial charge in [-0.15, -0.1) is 0 Å². The van der Waals surface area contributed by atoms with Crippen LogP contribution in [0.5, 0.6) is 0 Å². The van der Waals surface area contributed by atoms with Gasteiger partial charge in [-0.2, -0.15) is 0 Å². The molecular formula is C19H24N2O4. The molecule has 1 aromatic carbocycles. The van der Waals surface area contributed by atoms with Crippen LogP contribution in [-0.4, -0.2) is 47.1 Å². The normalized spacial score (nSPS) is 21.1. The number of carboxylic acid groups (broad SMARTS) is 1. The van der Waals surface area contributed by atoms with E-state index in [2.05, 4.69) is 5.32 Å². The van der Waals surface area contributed by atoms with Crippen LogP contribution in [0.3, 0.4) is 0 Å². The van der Waals surface area contributed by atoms with Gasteiger partial charge in [0.15, 0.2) is 0 Å². The highest BCUT2D eigenvalue weighted by atomic mass is 16.4. The lowest BCUT2D eigenvalue weighted by atomic mass is 9.85. The molecule has 1 saturated carbocycles. The molecule has 1 amide bonds. The number of likely N-dealkylation sites (N-methyl/N-ethyl adjacent to an activating group) is 1. The summed E-state index contributed by atoms with van der Waals surface area (Å²) in [5, 5.41) is 13.0. The zero-order chi connectivity index (χ0) is 18.0. The highest BCUT2D eigenvalue weighted by Crippen LogP contribution is 2.28. The average molecular weight is 344 g/mol. The number of carboxylic acids is 1. The number of hydrogen-bond acceptors (Lipinski definition) is 4. The Morgan fingerprint density at radius 1 is 1.36 bits per heavy atom. The number of nitrogens with zero attached hydrogens (tertiary/aromatic N) is 1. The van der Waals surface area contributed by atoms with Gasteiger partial charge < -0.3 is 14.8 Å². The molecule has 1 atom stereocenters. The van der Waals surface area contributed by atoms with Crippen molar-refractivity contribution in [2.24, 2.45) is 0 Å². The molecular weight excluding hydrogens is 320 g/mol. The van der Waals surface area contributed by atoms with Gasteiger partial charge in [-0.1, -0.05) is 25.1 Å². The minimum Gasteiger partial charge on any atom is -0.480 e. The Morgan fingerprint density at radius 3 is 2.72 bits per heavy atom. The number of rotatable bonds is 7. The number of para-hydroxylation sites is 1. The average Bonchev–Trinajstić information content (AvgIpc) is 2.98. The standard InChI is InChI=1S/C19H24N2O4/c1-3-21(11-18(22)23)15-9-14(10-15)20-19(24)12(2)17-8-13-6-4-5-7-16(13)25-17/h4-8,12,14-15H,3,9-11H2,1-2H3,(H,20,24)(H,22,23). The number of benzene rings is 1. The van der Waals surface area contributed by atoms with E-state index >= 15 is 0 Å². The molecule has 1 unspecified atom stereocenters. The predicted octanol–water partition coefficient (Wildman–Crippen LogP) is 2.59. The van der Waals surface area contributed by atoms with Gasteiger partial charge in [0.25, 0.3) is 0 Å². The Morgan fingerprint density at radius 2 is 2.08 bits per heavy atom. The number of furan rings is 1. The van der Waals surface area contributed by atoms with Crippen molar-refractivity contribution in [3.8, 4) is 0 Å². The van der Waals surface area contributed by atoms with E-state index in [1.54, 1.807) is 0 Å². The van der Waals surface area contributed by atoms with E-state index in [-0.39, 0.29) is 30.5 Å². The number of fused-ring (bicyclic) bond motifs is 1. The Kier molecular flexibility index (Phi) is 5.08. The molecule has 2 N–H and O–H groups in total. The summed E-state index contributed by atoms with van der Waals surface area (Å²) in [7, 11) is 0. The number of amides is 1. The summed E-state index contributed by atoms with van der Waals surface area (Å²) in [5.74, 6) is -0.556. The molecule has 1 aromatic heterocycles. The van der Waals surface area contributed by atoms with E-state index in [1.165, 1.54) is 0 Å². The second-order valence-electron chi connectivity index (χ2n) is 6.70. The van der Waals surface area contributed by atoms with Crippen LogP contribution in [0.1, 0.15) is 38.4 Å². The Labute approximate surface area is 146 Å². The molecule has 6 nitrogen and oxygen atoms in total. The van der Waals surface area contributed by atoms with Crippen molar-refractivity contribution in [2.45, 2.75) is 44.7 Å². The predicted molar refractivity (Wildman–Crippen MR) is 94.5 cm³/mol. The molecule has 0 aliphatic heterocycles. The summed E-state index contributed by atoms with van der Waals surface area (Å²) >= 11 is 0. The molecule has 0 spiro atoms. The zero-order valence-corrected chi connectivity index (χ0v) is 14.6. The van der Waals surface area contributed by atoms with Crippen LogP contribution in [-0.2, 0) is 9.59 Å². The first kappa shape index (κ1) is 17.5. The minimum atomic E-state index is -0.812. The van der Waals surface area contributed by atoms with Gasteiger partial charge in [-0.25, -0.2) is 0 Å². The summed E-state index contributed by atoms with van der Waals surface area (Å²) in [6.07, 6.45) is 1.58. The topological polar surface area (TPSA) is 82.8 Å². The fourth-order valence-electron chi connectivity index (χ4n) is 3.35. The van der Waals surface area contributed by atoms with Gasteiger partial charge in [-0.05, 0) is 38.4 Å². The van der Waals surface area contributed by atoms with E-state index < -0.39 is 5.97 Å². The molecule has 25 heavy (non-hydrogen) atoms. The van der Waals surface area contributed by atoms with Gasteiger partial charge in [0.2, 0.25) is 5.91 Å². The summed E-state index contributed by atoms with van der Waals surface area (Å²) in [4.78, 5) is 25.3. The maximum atomic E-state index is 12.5. The van der Waals surface area contributed by atoms with Crippen LogP contribution in [0.25, 0.3) is 11.0 Å². The van der Waals surface area contributed by atoms with E-state index in [9.17, 15) is 9.59 Å². The maximum absolute atomic E-state index is 12.5. The van der Waals surface area contributed by atoms with Gasteiger partial charge in [0.05, 0.1) is 12.5 Å². The van der Waals surface area contributed by atoms with Gasteiger partial charge >= 0.3 is 5.97 Å². The molecule has 0 radical (unpaired) electrons. The summed E-state index contributed by atoms with van der Waals surface area (Å²) in [5.41, 5.74) is 0.785. The van der Waals surface area contributed by atoms with E-state index in [0.717, 1.165) is 23.8 Å². The minimum absolute atomic E-state index is 0.0520. The molecule has 134 valence electrons. The van der Waals surface area contributed by atoms with Gasteiger partial charge in [-0.3, -0.25) is 14.5 Å². The van der Waals surface area contributed by atoms with Crippen LogP contribution >= 0.6 is 0 Å². The quantitative estimate of drug-likeness (QED) is 0.807. The molecule has 1 fully saturated rings. The lowest BCUT2D eigenvalue weighted by Crippen LogP contribution is -2.55. The van der Waals surface area contributed by atoms with E-state index in [1.807, 2.05) is 49.1 Å². The molecule has 3 rings (SSSR count). The molecule has 0 bridgehead atoms. The van der Waals surface area contributed by atoms with Crippen molar-refractivity contribution in [2.75, 3.05) is 13.1 Å². The third-order valence-corrected chi connectivity index (χ3v) is 4.99. The summed E-state index contributed by atoms with van der Waals surface area (Å²) < 4.78 is 5.77. The van der Waals surface area contributed by atoms with Crippen LogP contribution < -0.4 is 5.32 Å². The van der Waals surface area contributed by atoms with E-state index in [0.29, 0.717) is 12.3 Å². The fraction of sp³-hybridized carbons (Fsp3) is 0.474.